The maximum atomic E-state index is 13.2. The number of pyridine rings is 2. The minimum Gasteiger partial charge on any atom is -0.379 e. The van der Waals surface area contributed by atoms with Crippen LogP contribution in [0.5, 0.6) is 0 Å². The van der Waals surface area contributed by atoms with Gasteiger partial charge in [-0.25, -0.2) is 14.3 Å². The number of hydrogen-bond donors (Lipinski definition) is 0. The van der Waals surface area contributed by atoms with Gasteiger partial charge in [0.25, 0.3) is 5.56 Å². The van der Waals surface area contributed by atoms with Gasteiger partial charge in [0.2, 0.25) is 0 Å². The van der Waals surface area contributed by atoms with Crippen LogP contribution < -0.4 is 5.56 Å². The number of aryl methyl sites for hydroxylation is 1. The van der Waals surface area contributed by atoms with E-state index in [0.717, 1.165) is 47.2 Å². The van der Waals surface area contributed by atoms with Crippen LogP contribution in [0.2, 0.25) is 0 Å². The van der Waals surface area contributed by atoms with Gasteiger partial charge in [-0.1, -0.05) is 24.3 Å². The van der Waals surface area contributed by atoms with E-state index in [9.17, 15) is 4.79 Å². The quantitative estimate of drug-likeness (QED) is 0.411. The topological polar surface area (TPSA) is 87.7 Å². The van der Waals surface area contributed by atoms with Crippen molar-refractivity contribution >= 4 is 11.0 Å². The lowest BCUT2D eigenvalue weighted by Crippen LogP contribution is -2.29. The van der Waals surface area contributed by atoms with Gasteiger partial charge in [-0.3, -0.25) is 9.78 Å². The average molecular weight is 453 g/mol. The fraction of sp³-hybridized carbons (Fsp3) is 0.269. The largest absolute Gasteiger partial charge is 0.379 e. The lowest BCUT2D eigenvalue weighted by Gasteiger charge is -2.21. The summed E-state index contributed by atoms with van der Waals surface area (Å²) in [7, 11) is 0. The smallest absolute Gasteiger partial charge is 0.297 e. The van der Waals surface area contributed by atoms with E-state index in [0.29, 0.717) is 30.2 Å². The Morgan fingerprint density at radius 2 is 1.88 bits per heavy atom. The highest BCUT2D eigenvalue weighted by Crippen LogP contribution is 2.27. The Kier molecular flexibility index (Phi) is 5.15. The molecule has 0 spiro atoms. The zero-order chi connectivity index (χ0) is 23.1. The van der Waals surface area contributed by atoms with E-state index < -0.39 is 0 Å². The SMILES string of the molecule is Cc1cc(-c2ccc(Cn3nc4c(=O)n(C5CCCOC5)nc-4c4cccnc43)cc2)ccn1. The van der Waals surface area contributed by atoms with Crippen molar-refractivity contribution in [3.05, 3.63) is 82.5 Å². The lowest BCUT2D eigenvalue weighted by molar-refractivity contribution is 0.0540. The molecule has 0 radical (unpaired) electrons. The Balaban J connectivity index is 1.40. The van der Waals surface area contributed by atoms with Crippen molar-refractivity contribution < 1.29 is 4.74 Å². The van der Waals surface area contributed by atoms with Crippen LogP contribution in [0.15, 0.2) is 65.7 Å². The van der Waals surface area contributed by atoms with Gasteiger partial charge >= 0.3 is 0 Å². The minimum atomic E-state index is -0.173. The van der Waals surface area contributed by atoms with Gasteiger partial charge in [-0.05, 0) is 60.7 Å². The number of hydrogen-bond acceptors (Lipinski definition) is 6. The first-order chi connectivity index (χ1) is 16.7. The third-order valence-corrected chi connectivity index (χ3v) is 6.35. The number of benzene rings is 1. The molecule has 1 saturated heterocycles. The summed E-state index contributed by atoms with van der Waals surface area (Å²) in [6.45, 7) is 3.72. The highest BCUT2D eigenvalue weighted by atomic mass is 16.5. The van der Waals surface area contributed by atoms with Crippen molar-refractivity contribution in [1.82, 2.24) is 29.5 Å². The Morgan fingerprint density at radius 1 is 1.00 bits per heavy atom. The molecule has 2 aromatic heterocycles. The second-order valence-electron chi connectivity index (χ2n) is 8.73. The predicted molar refractivity (Wildman–Crippen MR) is 129 cm³/mol. The summed E-state index contributed by atoms with van der Waals surface area (Å²) in [5.41, 5.74) is 5.81. The molecule has 0 N–H and O–H groups in total. The Morgan fingerprint density at radius 3 is 2.68 bits per heavy atom. The molecule has 0 bridgehead atoms. The van der Waals surface area contributed by atoms with Crippen molar-refractivity contribution in [2.45, 2.75) is 32.4 Å². The van der Waals surface area contributed by atoms with E-state index in [1.807, 2.05) is 31.3 Å². The van der Waals surface area contributed by atoms with E-state index in [-0.39, 0.29) is 11.6 Å². The molecule has 8 nitrogen and oxygen atoms in total. The monoisotopic (exact) mass is 452 g/mol. The zero-order valence-electron chi connectivity index (χ0n) is 18.9. The number of nitrogens with zero attached hydrogens (tertiary/aromatic N) is 6. The van der Waals surface area contributed by atoms with Crippen LogP contribution in [-0.4, -0.2) is 42.7 Å². The summed E-state index contributed by atoms with van der Waals surface area (Å²) in [5, 5.41) is 10.2. The summed E-state index contributed by atoms with van der Waals surface area (Å²) in [5.74, 6) is 0. The molecule has 8 heteroatoms. The van der Waals surface area contributed by atoms with Gasteiger partial charge in [0.1, 0.15) is 5.69 Å². The summed E-state index contributed by atoms with van der Waals surface area (Å²) in [4.78, 5) is 22.1. The highest BCUT2D eigenvalue weighted by Gasteiger charge is 2.27. The molecule has 3 aliphatic rings. The molecule has 3 aromatic rings. The Hall–Kier alpha value is -3.91. The lowest BCUT2D eigenvalue weighted by atomic mass is 10.0. The molecule has 1 unspecified atom stereocenters. The molecule has 0 saturated carbocycles. The highest BCUT2D eigenvalue weighted by molar-refractivity contribution is 5.89. The number of aromatic nitrogens is 6. The van der Waals surface area contributed by atoms with E-state index in [1.165, 1.54) is 0 Å². The van der Waals surface area contributed by atoms with E-state index in [4.69, 9.17) is 9.84 Å². The fourth-order valence-corrected chi connectivity index (χ4v) is 4.61. The van der Waals surface area contributed by atoms with E-state index >= 15 is 0 Å². The zero-order valence-corrected chi connectivity index (χ0v) is 18.9. The third kappa shape index (κ3) is 3.66. The molecule has 5 heterocycles. The molecule has 1 aromatic carbocycles. The first-order valence-corrected chi connectivity index (χ1v) is 11.5. The van der Waals surface area contributed by atoms with Gasteiger partial charge in [0.05, 0.1) is 19.2 Å². The van der Waals surface area contributed by atoms with Crippen LogP contribution in [0.4, 0.5) is 0 Å². The van der Waals surface area contributed by atoms with Gasteiger partial charge in [-0.2, -0.15) is 10.2 Å². The van der Waals surface area contributed by atoms with Crippen molar-refractivity contribution in [2.75, 3.05) is 13.2 Å². The van der Waals surface area contributed by atoms with Crippen LogP contribution in [0, 0.1) is 6.92 Å². The van der Waals surface area contributed by atoms with Crippen molar-refractivity contribution in [3.63, 3.8) is 0 Å². The van der Waals surface area contributed by atoms with Crippen LogP contribution in [-0.2, 0) is 11.3 Å². The standard InChI is InChI=1S/C26H24N6O2/c1-17-14-20(10-12-27-17)19-8-6-18(7-9-19)15-31-25-22(5-2-11-28-25)23-24(29-31)26(33)32(30-23)21-4-3-13-34-16-21/h2,5-12,14,21H,3-4,13,15-16H2,1H3. The second kappa shape index (κ2) is 8.46. The van der Waals surface area contributed by atoms with E-state index in [1.54, 1.807) is 15.6 Å². The molecule has 34 heavy (non-hydrogen) atoms. The van der Waals surface area contributed by atoms with Crippen LogP contribution in [0.25, 0.3) is 33.5 Å². The summed E-state index contributed by atoms with van der Waals surface area (Å²) in [6.07, 6.45) is 5.37. The molecular weight excluding hydrogens is 428 g/mol. The summed E-state index contributed by atoms with van der Waals surface area (Å²) in [6, 6.07) is 16.2. The number of rotatable bonds is 4. The van der Waals surface area contributed by atoms with Crippen molar-refractivity contribution in [1.29, 1.82) is 0 Å². The Labute approximate surface area is 196 Å². The normalized spacial score (nSPS) is 16.3. The number of ether oxygens (including phenoxy) is 1. The fourth-order valence-electron chi connectivity index (χ4n) is 4.61. The van der Waals surface area contributed by atoms with Gasteiger partial charge in [-0.15, -0.1) is 0 Å². The second-order valence-corrected chi connectivity index (χ2v) is 8.73. The van der Waals surface area contributed by atoms with E-state index in [2.05, 4.69) is 45.4 Å². The van der Waals surface area contributed by atoms with Gasteiger partial charge in [0.15, 0.2) is 11.3 Å². The van der Waals surface area contributed by atoms with Crippen LogP contribution >= 0.6 is 0 Å². The van der Waals surface area contributed by atoms with Crippen molar-refractivity contribution in [3.8, 4) is 22.5 Å². The summed E-state index contributed by atoms with van der Waals surface area (Å²) >= 11 is 0. The first-order valence-electron chi connectivity index (χ1n) is 11.5. The molecule has 170 valence electrons. The molecule has 3 aliphatic heterocycles. The molecule has 1 atom stereocenters. The number of fused-ring (bicyclic) bond motifs is 3. The summed E-state index contributed by atoms with van der Waals surface area (Å²) < 4.78 is 8.94. The third-order valence-electron chi connectivity index (χ3n) is 6.35. The first kappa shape index (κ1) is 20.7. The van der Waals surface area contributed by atoms with Crippen molar-refractivity contribution in [2.24, 2.45) is 0 Å². The average Bonchev–Trinajstić information content (AvgIpc) is 3.21. The maximum Gasteiger partial charge on any atom is 0.297 e. The minimum absolute atomic E-state index is 0.0556. The molecule has 1 fully saturated rings. The predicted octanol–water partition coefficient (Wildman–Crippen LogP) is 3.86. The maximum absolute atomic E-state index is 13.2. The van der Waals surface area contributed by atoms with Gasteiger partial charge < -0.3 is 4.74 Å². The Bertz CT molecular complexity index is 1500. The van der Waals surface area contributed by atoms with Gasteiger partial charge in [0, 0.05) is 30.1 Å². The molecule has 0 amide bonds. The molecule has 6 rings (SSSR count). The van der Waals surface area contributed by atoms with Crippen LogP contribution in [0.3, 0.4) is 0 Å². The molecular formula is C26H24N6O2. The van der Waals surface area contributed by atoms with Crippen LogP contribution in [0.1, 0.15) is 30.1 Å². The molecule has 0 aliphatic carbocycles.